The second kappa shape index (κ2) is 7.99. The van der Waals surface area contributed by atoms with Crippen LogP contribution in [0.25, 0.3) is 0 Å². The molecule has 24 heavy (non-hydrogen) atoms. The molecule has 1 aromatic rings. The molecule has 2 heterocycles. The predicted octanol–water partition coefficient (Wildman–Crippen LogP) is 2.17. The van der Waals surface area contributed by atoms with Crippen LogP contribution in [-0.4, -0.2) is 55.8 Å². The highest BCUT2D eigenvalue weighted by Crippen LogP contribution is 2.33. The molecule has 5 nitrogen and oxygen atoms in total. The highest BCUT2D eigenvalue weighted by atomic mass is 16.5. The number of fused-ring (bicyclic) bond motifs is 1. The molecule has 1 amide bonds. The highest BCUT2D eigenvalue weighted by Gasteiger charge is 2.31. The van der Waals surface area contributed by atoms with Crippen LogP contribution in [0.3, 0.4) is 0 Å². The highest BCUT2D eigenvalue weighted by molar-refractivity contribution is 5.85. The van der Waals surface area contributed by atoms with Crippen LogP contribution in [0.5, 0.6) is 5.75 Å². The monoisotopic (exact) mass is 332 g/mol. The average Bonchev–Trinajstić information content (AvgIpc) is 3.00. The molecule has 5 heteroatoms. The van der Waals surface area contributed by atoms with Crippen molar-refractivity contribution in [3.05, 3.63) is 29.8 Å². The van der Waals surface area contributed by atoms with Gasteiger partial charge in [-0.25, -0.2) is 0 Å². The Morgan fingerprint density at radius 3 is 2.83 bits per heavy atom. The third-order valence-electron chi connectivity index (χ3n) is 4.81. The van der Waals surface area contributed by atoms with Gasteiger partial charge in [-0.15, -0.1) is 0 Å². The number of amides is 1. The van der Waals surface area contributed by atoms with E-state index in [4.69, 9.17) is 9.47 Å². The third-order valence-corrected chi connectivity index (χ3v) is 4.81. The number of carbonyl (C=O) groups excluding carboxylic acids is 1. The standard InChI is InChI=1S/C19H28N2O3/c1-14(2)23-12-11-21-9-7-15(8-10-21)20-19(22)17-13-24-18-6-4-3-5-16(17)18/h3-6,14-15,17H,7-13H2,1-2H3,(H,20,22)/t17-/m0/s1. The van der Waals surface area contributed by atoms with Gasteiger partial charge in [-0.2, -0.15) is 0 Å². The third kappa shape index (κ3) is 4.28. The summed E-state index contributed by atoms with van der Waals surface area (Å²) in [6, 6.07) is 8.10. The van der Waals surface area contributed by atoms with Gasteiger partial charge in [-0.1, -0.05) is 18.2 Å². The van der Waals surface area contributed by atoms with E-state index in [2.05, 4.69) is 24.1 Å². The molecule has 0 spiro atoms. The van der Waals surface area contributed by atoms with Gasteiger partial charge >= 0.3 is 0 Å². The van der Waals surface area contributed by atoms with Crippen molar-refractivity contribution in [3.63, 3.8) is 0 Å². The van der Waals surface area contributed by atoms with Crippen LogP contribution in [0.4, 0.5) is 0 Å². The van der Waals surface area contributed by atoms with E-state index in [-0.39, 0.29) is 17.9 Å². The van der Waals surface area contributed by atoms with Gasteiger partial charge in [-0.05, 0) is 32.8 Å². The Labute approximate surface area is 144 Å². The van der Waals surface area contributed by atoms with Gasteiger partial charge in [0.25, 0.3) is 0 Å². The van der Waals surface area contributed by atoms with Crippen LogP contribution in [0.1, 0.15) is 38.2 Å². The number of carbonyl (C=O) groups is 1. The van der Waals surface area contributed by atoms with Gasteiger partial charge in [-0.3, -0.25) is 4.79 Å². The van der Waals surface area contributed by atoms with Crippen LogP contribution >= 0.6 is 0 Å². The first-order valence-corrected chi connectivity index (χ1v) is 8.99. The van der Waals surface area contributed by atoms with Gasteiger partial charge < -0.3 is 19.7 Å². The molecule has 1 N–H and O–H groups in total. The average molecular weight is 332 g/mol. The second-order valence-corrected chi connectivity index (χ2v) is 6.95. The van der Waals surface area contributed by atoms with Crippen molar-refractivity contribution < 1.29 is 14.3 Å². The molecule has 1 saturated heterocycles. The molecule has 0 radical (unpaired) electrons. The number of likely N-dealkylation sites (tertiary alicyclic amines) is 1. The molecule has 132 valence electrons. The molecule has 2 aliphatic rings. The molecule has 0 bridgehead atoms. The number of piperidine rings is 1. The molecule has 0 unspecified atom stereocenters. The van der Waals surface area contributed by atoms with Crippen LogP contribution in [-0.2, 0) is 9.53 Å². The molecule has 0 saturated carbocycles. The van der Waals surface area contributed by atoms with Crippen LogP contribution < -0.4 is 10.1 Å². The number of nitrogens with zero attached hydrogens (tertiary/aromatic N) is 1. The zero-order valence-electron chi connectivity index (χ0n) is 14.7. The Bertz CT molecular complexity index is 553. The van der Waals surface area contributed by atoms with Gasteiger partial charge in [0.05, 0.1) is 12.7 Å². The Kier molecular flexibility index (Phi) is 5.74. The maximum absolute atomic E-state index is 12.6. The largest absolute Gasteiger partial charge is 0.492 e. The lowest BCUT2D eigenvalue weighted by Gasteiger charge is -2.32. The lowest BCUT2D eigenvalue weighted by atomic mass is 9.98. The summed E-state index contributed by atoms with van der Waals surface area (Å²) < 4.78 is 11.2. The van der Waals surface area contributed by atoms with Gasteiger partial charge in [0, 0.05) is 31.2 Å². The predicted molar refractivity (Wildman–Crippen MR) is 93.4 cm³/mol. The first kappa shape index (κ1) is 17.2. The lowest BCUT2D eigenvalue weighted by Crippen LogP contribution is -2.46. The fraction of sp³-hybridized carbons (Fsp3) is 0.632. The number of hydrogen-bond donors (Lipinski definition) is 1. The molecule has 0 aliphatic carbocycles. The molecule has 1 fully saturated rings. The summed E-state index contributed by atoms with van der Waals surface area (Å²) >= 11 is 0. The number of para-hydroxylation sites is 1. The number of nitrogens with one attached hydrogen (secondary N) is 1. The lowest BCUT2D eigenvalue weighted by molar-refractivity contribution is -0.123. The summed E-state index contributed by atoms with van der Waals surface area (Å²) in [5.41, 5.74) is 1.01. The summed E-state index contributed by atoms with van der Waals surface area (Å²) in [5, 5.41) is 3.22. The van der Waals surface area contributed by atoms with Gasteiger partial charge in [0.2, 0.25) is 5.91 Å². The molecule has 1 aromatic carbocycles. The van der Waals surface area contributed by atoms with E-state index in [0.717, 1.165) is 50.4 Å². The first-order valence-electron chi connectivity index (χ1n) is 8.99. The summed E-state index contributed by atoms with van der Waals surface area (Å²) in [6.45, 7) is 8.37. The van der Waals surface area contributed by atoms with Gasteiger partial charge in [0.1, 0.15) is 18.3 Å². The Hall–Kier alpha value is -1.59. The van der Waals surface area contributed by atoms with Crippen molar-refractivity contribution >= 4 is 5.91 Å². The van der Waals surface area contributed by atoms with Crippen molar-refractivity contribution in [1.82, 2.24) is 10.2 Å². The van der Waals surface area contributed by atoms with Crippen molar-refractivity contribution in [1.29, 1.82) is 0 Å². The molecule has 2 aliphatic heterocycles. The zero-order chi connectivity index (χ0) is 16.9. The number of hydrogen-bond acceptors (Lipinski definition) is 4. The van der Waals surface area contributed by atoms with E-state index in [9.17, 15) is 4.79 Å². The number of benzene rings is 1. The Balaban J connectivity index is 1.43. The fourth-order valence-electron chi connectivity index (χ4n) is 3.40. The van der Waals surface area contributed by atoms with Crippen LogP contribution in [0.2, 0.25) is 0 Å². The molecule has 0 aromatic heterocycles. The molecular formula is C19H28N2O3. The topological polar surface area (TPSA) is 50.8 Å². The van der Waals surface area contributed by atoms with Crippen LogP contribution in [0.15, 0.2) is 24.3 Å². The minimum Gasteiger partial charge on any atom is -0.492 e. The van der Waals surface area contributed by atoms with Crippen molar-refractivity contribution in [2.75, 3.05) is 32.8 Å². The number of rotatable bonds is 6. The smallest absolute Gasteiger partial charge is 0.231 e. The Morgan fingerprint density at radius 2 is 2.08 bits per heavy atom. The SMILES string of the molecule is CC(C)OCCN1CCC(NC(=O)[C@H]2COc3ccccc32)CC1. The maximum atomic E-state index is 12.6. The molecule has 1 atom stereocenters. The van der Waals surface area contributed by atoms with Crippen molar-refractivity contribution in [3.8, 4) is 5.75 Å². The van der Waals surface area contributed by atoms with Crippen molar-refractivity contribution in [2.24, 2.45) is 0 Å². The number of ether oxygens (including phenoxy) is 2. The summed E-state index contributed by atoms with van der Waals surface area (Å²) in [7, 11) is 0. The summed E-state index contributed by atoms with van der Waals surface area (Å²) in [6.07, 6.45) is 2.30. The summed E-state index contributed by atoms with van der Waals surface area (Å²) in [4.78, 5) is 15.0. The van der Waals surface area contributed by atoms with E-state index < -0.39 is 0 Å². The summed E-state index contributed by atoms with van der Waals surface area (Å²) in [5.74, 6) is 0.776. The van der Waals surface area contributed by atoms with E-state index in [0.29, 0.717) is 12.7 Å². The minimum absolute atomic E-state index is 0.0986. The minimum atomic E-state index is -0.168. The molecule has 3 rings (SSSR count). The van der Waals surface area contributed by atoms with E-state index in [1.807, 2.05) is 24.3 Å². The maximum Gasteiger partial charge on any atom is 0.231 e. The van der Waals surface area contributed by atoms with E-state index in [1.54, 1.807) is 0 Å². The second-order valence-electron chi connectivity index (χ2n) is 6.95. The first-order chi connectivity index (χ1) is 11.6. The quantitative estimate of drug-likeness (QED) is 0.867. The normalized spacial score (nSPS) is 21.5. The Morgan fingerprint density at radius 1 is 1.33 bits per heavy atom. The van der Waals surface area contributed by atoms with E-state index >= 15 is 0 Å². The van der Waals surface area contributed by atoms with E-state index in [1.165, 1.54) is 0 Å². The van der Waals surface area contributed by atoms with Crippen LogP contribution in [0, 0.1) is 0 Å². The fourth-order valence-corrected chi connectivity index (χ4v) is 3.40. The molecular weight excluding hydrogens is 304 g/mol. The van der Waals surface area contributed by atoms with Crippen molar-refractivity contribution in [2.45, 2.75) is 44.8 Å². The zero-order valence-corrected chi connectivity index (χ0v) is 14.7. The van der Waals surface area contributed by atoms with Gasteiger partial charge in [0.15, 0.2) is 0 Å².